The van der Waals surface area contributed by atoms with Gasteiger partial charge in [-0.15, -0.1) is 0 Å². The second kappa shape index (κ2) is 9.06. The highest BCUT2D eigenvalue weighted by Gasteiger charge is 2.33. The standard InChI is InChI=1S/C24H29N5O2/c30-23(26-19-10-15-28(16-11-19)17-18-8-12-25-13-9-18)21-6-3-4-14-29(21)24-27-20-5-1-2-7-22(20)31-24/h1-2,5,7-9,12-13,19,21H,3-4,6,10-11,14-17H2,(H,26,30)/t21-/m0/s1. The number of piperidine rings is 2. The molecule has 2 aliphatic rings. The number of hydrogen-bond donors (Lipinski definition) is 1. The summed E-state index contributed by atoms with van der Waals surface area (Å²) in [6, 6.07) is 12.5. The van der Waals surface area contributed by atoms with Gasteiger partial charge in [-0.25, -0.2) is 0 Å². The van der Waals surface area contributed by atoms with Crippen molar-refractivity contribution in [1.29, 1.82) is 0 Å². The third-order valence-corrected chi connectivity index (χ3v) is 6.42. The monoisotopic (exact) mass is 419 g/mol. The molecule has 0 bridgehead atoms. The molecule has 1 atom stereocenters. The normalized spacial score (nSPS) is 20.8. The van der Waals surface area contributed by atoms with E-state index in [0.717, 1.165) is 69.4 Å². The Morgan fingerprint density at radius 1 is 1.03 bits per heavy atom. The van der Waals surface area contributed by atoms with Crippen LogP contribution in [-0.2, 0) is 11.3 Å². The third kappa shape index (κ3) is 4.56. The highest BCUT2D eigenvalue weighted by molar-refractivity contribution is 5.85. The van der Waals surface area contributed by atoms with Crippen molar-refractivity contribution in [3.8, 4) is 0 Å². The molecule has 7 heteroatoms. The first-order chi connectivity index (χ1) is 15.3. The van der Waals surface area contributed by atoms with Gasteiger partial charge in [-0.1, -0.05) is 12.1 Å². The summed E-state index contributed by atoms with van der Waals surface area (Å²) in [6.45, 7) is 3.73. The van der Waals surface area contributed by atoms with Crippen molar-refractivity contribution < 1.29 is 9.21 Å². The predicted molar refractivity (Wildman–Crippen MR) is 120 cm³/mol. The quantitative estimate of drug-likeness (QED) is 0.684. The molecule has 0 unspecified atom stereocenters. The number of amides is 1. The summed E-state index contributed by atoms with van der Waals surface area (Å²) < 4.78 is 5.97. The van der Waals surface area contributed by atoms with Crippen LogP contribution in [0.5, 0.6) is 0 Å². The average molecular weight is 420 g/mol. The van der Waals surface area contributed by atoms with Gasteiger partial charge in [0.05, 0.1) is 0 Å². The minimum atomic E-state index is -0.211. The smallest absolute Gasteiger partial charge is 0.299 e. The SMILES string of the molecule is O=C(NC1CCN(Cc2ccncc2)CC1)[C@@H]1CCCCN1c1nc2ccccc2o1. The predicted octanol–water partition coefficient (Wildman–Crippen LogP) is 3.36. The third-order valence-electron chi connectivity index (χ3n) is 6.42. The molecule has 2 saturated heterocycles. The number of likely N-dealkylation sites (tertiary alicyclic amines) is 1. The lowest BCUT2D eigenvalue weighted by Gasteiger charge is -2.36. The maximum absolute atomic E-state index is 13.2. The molecule has 1 aromatic carbocycles. The molecule has 5 rings (SSSR count). The molecule has 4 heterocycles. The number of nitrogens with one attached hydrogen (secondary N) is 1. The molecule has 0 radical (unpaired) electrons. The van der Waals surface area contributed by atoms with Gasteiger partial charge in [0.15, 0.2) is 5.58 Å². The molecule has 1 N–H and O–H groups in total. The van der Waals surface area contributed by atoms with Crippen LogP contribution in [0.1, 0.15) is 37.7 Å². The van der Waals surface area contributed by atoms with Crippen molar-refractivity contribution in [2.45, 2.75) is 50.7 Å². The first-order valence-corrected chi connectivity index (χ1v) is 11.3. The fraction of sp³-hybridized carbons (Fsp3) is 0.458. The number of oxazole rings is 1. The molecular formula is C24H29N5O2. The maximum atomic E-state index is 13.2. The van der Waals surface area contributed by atoms with Crippen LogP contribution < -0.4 is 10.2 Å². The van der Waals surface area contributed by atoms with Gasteiger partial charge in [0, 0.05) is 44.6 Å². The van der Waals surface area contributed by atoms with Crippen LogP contribution in [0.3, 0.4) is 0 Å². The number of aromatic nitrogens is 2. The highest BCUT2D eigenvalue weighted by atomic mass is 16.4. The van der Waals surface area contributed by atoms with Gasteiger partial charge in [0.1, 0.15) is 11.6 Å². The summed E-state index contributed by atoms with van der Waals surface area (Å²) >= 11 is 0. The fourth-order valence-corrected chi connectivity index (χ4v) is 4.70. The molecule has 3 aromatic rings. The van der Waals surface area contributed by atoms with E-state index in [1.807, 2.05) is 36.7 Å². The van der Waals surface area contributed by atoms with E-state index in [9.17, 15) is 4.79 Å². The Hall–Kier alpha value is -2.93. The Morgan fingerprint density at radius 2 is 1.84 bits per heavy atom. The Kier molecular flexibility index (Phi) is 5.84. The van der Waals surface area contributed by atoms with Crippen LogP contribution >= 0.6 is 0 Å². The van der Waals surface area contributed by atoms with E-state index in [4.69, 9.17) is 4.42 Å². The molecule has 2 aromatic heterocycles. The number of benzene rings is 1. The van der Waals surface area contributed by atoms with Crippen molar-refractivity contribution >= 4 is 23.0 Å². The zero-order valence-corrected chi connectivity index (χ0v) is 17.7. The fourth-order valence-electron chi connectivity index (χ4n) is 4.70. The molecule has 2 fully saturated rings. The van der Waals surface area contributed by atoms with Crippen LogP contribution in [0, 0.1) is 0 Å². The minimum Gasteiger partial charge on any atom is -0.423 e. The van der Waals surface area contributed by atoms with E-state index in [-0.39, 0.29) is 18.0 Å². The van der Waals surface area contributed by atoms with Crippen LogP contribution in [0.25, 0.3) is 11.1 Å². The summed E-state index contributed by atoms with van der Waals surface area (Å²) in [4.78, 5) is 26.4. The van der Waals surface area contributed by atoms with E-state index < -0.39 is 0 Å². The average Bonchev–Trinajstić information content (AvgIpc) is 3.25. The molecule has 162 valence electrons. The van der Waals surface area contributed by atoms with E-state index >= 15 is 0 Å². The summed E-state index contributed by atoms with van der Waals surface area (Å²) in [5.74, 6) is 0.106. The van der Waals surface area contributed by atoms with Gasteiger partial charge in [-0.05, 0) is 61.9 Å². The number of rotatable bonds is 5. The number of carbonyl (C=O) groups excluding carboxylic acids is 1. The highest BCUT2D eigenvalue weighted by Crippen LogP contribution is 2.28. The maximum Gasteiger partial charge on any atom is 0.299 e. The second-order valence-corrected chi connectivity index (χ2v) is 8.58. The second-order valence-electron chi connectivity index (χ2n) is 8.58. The van der Waals surface area contributed by atoms with Gasteiger partial charge < -0.3 is 14.6 Å². The first kappa shape index (κ1) is 20.0. The van der Waals surface area contributed by atoms with E-state index in [2.05, 4.69) is 37.2 Å². The van der Waals surface area contributed by atoms with Crippen molar-refractivity contribution in [2.24, 2.45) is 0 Å². The van der Waals surface area contributed by atoms with Gasteiger partial charge in [0.25, 0.3) is 6.01 Å². The Labute approximate surface area is 182 Å². The lowest BCUT2D eigenvalue weighted by atomic mass is 9.99. The zero-order chi connectivity index (χ0) is 21.0. The number of anilines is 1. The molecular weight excluding hydrogens is 390 g/mol. The minimum absolute atomic E-state index is 0.106. The summed E-state index contributed by atoms with van der Waals surface area (Å²) in [5.41, 5.74) is 2.89. The Bertz CT molecular complexity index is 980. The van der Waals surface area contributed by atoms with Crippen molar-refractivity contribution in [2.75, 3.05) is 24.5 Å². The molecule has 1 amide bonds. The molecule has 2 aliphatic heterocycles. The summed E-state index contributed by atoms with van der Waals surface area (Å²) in [7, 11) is 0. The van der Waals surface area contributed by atoms with Gasteiger partial charge in [0.2, 0.25) is 5.91 Å². The number of hydrogen-bond acceptors (Lipinski definition) is 6. The van der Waals surface area contributed by atoms with Gasteiger partial charge >= 0.3 is 0 Å². The molecule has 0 spiro atoms. The lowest BCUT2D eigenvalue weighted by Crippen LogP contribution is -2.53. The van der Waals surface area contributed by atoms with Crippen LogP contribution in [-0.4, -0.2) is 52.5 Å². The summed E-state index contributed by atoms with van der Waals surface area (Å²) in [6.07, 6.45) is 8.59. The lowest BCUT2D eigenvalue weighted by molar-refractivity contribution is -0.124. The van der Waals surface area contributed by atoms with Gasteiger partial charge in [-0.2, -0.15) is 4.98 Å². The van der Waals surface area contributed by atoms with Crippen molar-refractivity contribution in [1.82, 2.24) is 20.2 Å². The van der Waals surface area contributed by atoms with Crippen LogP contribution in [0.15, 0.2) is 53.2 Å². The van der Waals surface area contributed by atoms with E-state index in [1.165, 1.54) is 5.56 Å². The van der Waals surface area contributed by atoms with Crippen LogP contribution in [0.2, 0.25) is 0 Å². The number of fused-ring (bicyclic) bond motifs is 1. The molecule has 0 aliphatic carbocycles. The number of para-hydroxylation sites is 2. The Balaban J connectivity index is 1.19. The molecule has 0 saturated carbocycles. The first-order valence-electron chi connectivity index (χ1n) is 11.3. The topological polar surface area (TPSA) is 74.5 Å². The number of nitrogens with zero attached hydrogens (tertiary/aromatic N) is 4. The van der Waals surface area contributed by atoms with Crippen LogP contribution in [0.4, 0.5) is 6.01 Å². The summed E-state index contributed by atoms with van der Waals surface area (Å²) in [5, 5.41) is 3.32. The van der Waals surface area contributed by atoms with Crippen molar-refractivity contribution in [3.63, 3.8) is 0 Å². The van der Waals surface area contributed by atoms with Crippen molar-refractivity contribution in [3.05, 3.63) is 54.4 Å². The van der Waals surface area contributed by atoms with E-state index in [0.29, 0.717) is 6.01 Å². The number of carbonyl (C=O) groups is 1. The van der Waals surface area contributed by atoms with E-state index in [1.54, 1.807) is 0 Å². The Morgan fingerprint density at radius 3 is 2.65 bits per heavy atom. The largest absolute Gasteiger partial charge is 0.423 e. The van der Waals surface area contributed by atoms with Gasteiger partial charge in [-0.3, -0.25) is 14.7 Å². The molecule has 31 heavy (non-hydrogen) atoms. The number of pyridine rings is 1. The zero-order valence-electron chi connectivity index (χ0n) is 17.7. The molecule has 7 nitrogen and oxygen atoms in total.